The predicted octanol–water partition coefficient (Wildman–Crippen LogP) is 6.33. The van der Waals surface area contributed by atoms with E-state index < -0.39 is 11.9 Å². The number of ketones is 1. The third kappa shape index (κ3) is 4.23. The zero-order valence-electron chi connectivity index (χ0n) is 19.2. The van der Waals surface area contributed by atoms with Gasteiger partial charge in [-0.15, -0.1) is 0 Å². The van der Waals surface area contributed by atoms with E-state index in [1.807, 2.05) is 56.3 Å². The van der Waals surface area contributed by atoms with Gasteiger partial charge in [0.15, 0.2) is 5.78 Å². The van der Waals surface area contributed by atoms with Crippen LogP contribution in [0.15, 0.2) is 78.0 Å². The molecule has 1 atom stereocenters. The van der Waals surface area contributed by atoms with Gasteiger partial charge in [0.2, 0.25) is 0 Å². The molecule has 0 aromatic heterocycles. The summed E-state index contributed by atoms with van der Waals surface area (Å²) in [4.78, 5) is 13.3. The predicted molar refractivity (Wildman–Crippen MR) is 130 cm³/mol. The lowest BCUT2D eigenvalue weighted by Gasteiger charge is -2.34. The summed E-state index contributed by atoms with van der Waals surface area (Å²) < 4.78 is 21.2. The van der Waals surface area contributed by atoms with Crippen LogP contribution >= 0.6 is 0 Å². The van der Waals surface area contributed by atoms with Crippen LogP contribution in [0.5, 0.6) is 11.5 Å². The maximum Gasteiger partial charge on any atom is 0.163 e. The minimum absolute atomic E-state index is 0.0283. The van der Waals surface area contributed by atoms with Crippen LogP contribution in [0.1, 0.15) is 43.9 Å². The minimum Gasteiger partial charge on any atom is -0.506 e. The summed E-state index contributed by atoms with van der Waals surface area (Å²) in [6.07, 6.45) is 0.989. The summed E-state index contributed by atoms with van der Waals surface area (Å²) in [6.45, 7) is 4.31. The number of rotatable bonds is 4. The molecule has 0 radical (unpaired) electrons. The van der Waals surface area contributed by atoms with Crippen molar-refractivity contribution >= 4 is 17.2 Å². The molecule has 3 N–H and O–H groups in total. The van der Waals surface area contributed by atoms with E-state index in [1.54, 1.807) is 18.2 Å². The van der Waals surface area contributed by atoms with Gasteiger partial charge in [-0.2, -0.15) is 0 Å². The highest BCUT2D eigenvalue weighted by molar-refractivity contribution is 6.01. The van der Waals surface area contributed by atoms with Gasteiger partial charge in [0.05, 0.1) is 11.7 Å². The third-order valence-corrected chi connectivity index (χ3v) is 6.35. The average molecular weight is 459 g/mol. The Bertz CT molecular complexity index is 1280. The van der Waals surface area contributed by atoms with Gasteiger partial charge in [-0.25, -0.2) is 4.39 Å². The molecule has 0 saturated heterocycles. The van der Waals surface area contributed by atoms with Crippen molar-refractivity contribution in [2.45, 2.75) is 39.3 Å². The van der Waals surface area contributed by atoms with Crippen LogP contribution in [0.25, 0.3) is 0 Å². The van der Waals surface area contributed by atoms with Gasteiger partial charge in [0.1, 0.15) is 29.6 Å². The van der Waals surface area contributed by atoms with Crippen LogP contribution in [0.4, 0.5) is 15.8 Å². The second kappa shape index (κ2) is 8.52. The maximum absolute atomic E-state index is 15.5. The summed E-state index contributed by atoms with van der Waals surface area (Å²) in [6, 6.07) is 18.8. The Hall–Kier alpha value is -3.80. The second-order valence-corrected chi connectivity index (χ2v) is 9.69. The number of allylic oxidation sites excluding steroid dienone is 1. The Morgan fingerprint density at radius 2 is 1.85 bits per heavy atom. The largest absolute Gasteiger partial charge is 0.506 e. The molecule has 2 aliphatic rings. The summed E-state index contributed by atoms with van der Waals surface area (Å²) in [5, 5.41) is 17.1. The van der Waals surface area contributed by atoms with Crippen LogP contribution in [0.3, 0.4) is 0 Å². The quantitative estimate of drug-likeness (QED) is 0.399. The molecule has 1 aliphatic heterocycles. The standard InChI is InChI=1S/C28H27FN2O3/c1-28(2)14-22-25(24(33)15-28)26(30-21-9-6-10-23(32)27(21)31-22)19-12-11-17(13-20(19)29)16-34-18-7-4-3-5-8-18/h3-13,26,30-32H,14-16H2,1-2H3. The first-order valence-electron chi connectivity index (χ1n) is 11.4. The molecule has 0 bridgehead atoms. The number of ether oxygens (including phenoxy) is 1. The highest BCUT2D eigenvalue weighted by Crippen LogP contribution is 2.47. The molecule has 0 fully saturated rings. The number of para-hydroxylation sites is 2. The van der Waals surface area contributed by atoms with E-state index in [0.717, 1.165) is 5.70 Å². The molecule has 34 heavy (non-hydrogen) atoms. The Morgan fingerprint density at radius 1 is 1.06 bits per heavy atom. The van der Waals surface area contributed by atoms with Crippen LogP contribution in [-0.2, 0) is 11.4 Å². The summed E-state index contributed by atoms with van der Waals surface area (Å²) in [5.41, 5.74) is 3.18. The number of phenols is 1. The van der Waals surface area contributed by atoms with Crippen molar-refractivity contribution in [3.05, 3.63) is 94.9 Å². The number of hydrogen-bond donors (Lipinski definition) is 3. The van der Waals surface area contributed by atoms with E-state index in [-0.39, 0.29) is 23.6 Å². The lowest BCUT2D eigenvalue weighted by atomic mass is 9.73. The van der Waals surface area contributed by atoms with Crippen LogP contribution in [0, 0.1) is 11.2 Å². The molecule has 3 aromatic carbocycles. The number of phenolic OH excluding ortho intramolecular Hbond substituents is 1. The van der Waals surface area contributed by atoms with E-state index in [9.17, 15) is 9.90 Å². The number of carbonyl (C=O) groups excluding carboxylic acids is 1. The molecule has 5 rings (SSSR count). The smallest absolute Gasteiger partial charge is 0.163 e. The van der Waals surface area contributed by atoms with Crippen molar-refractivity contribution in [2.75, 3.05) is 10.6 Å². The fraction of sp³-hybridized carbons (Fsp3) is 0.250. The minimum atomic E-state index is -0.682. The Morgan fingerprint density at radius 3 is 2.62 bits per heavy atom. The van der Waals surface area contributed by atoms with Crippen LogP contribution in [-0.4, -0.2) is 10.9 Å². The fourth-order valence-corrected chi connectivity index (χ4v) is 4.76. The van der Waals surface area contributed by atoms with Gasteiger partial charge in [-0.05, 0) is 47.7 Å². The molecule has 0 spiro atoms. The number of carbonyl (C=O) groups is 1. The van der Waals surface area contributed by atoms with E-state index in [4.69, 9.17) is 4.74 Å². The summed E-state index contributed by atoms with van der Waals surface area (Å²) >= 11 is 0. The summed E-state index contributed by atoms with van der Waals surface area (Å²) in [5.74, 6) is 0.339. The highest BCUT2D eigenvalue weighted by Gasteiger charge is 2.39. The Kier molecular flexibility index (Phi) is 5.52. The van der Waals surface area contributed by atoms with Crippen molar-refractivity contribution in [1.82, 2.24) is 0 Å². The molecular weight excluding hydrogens is 431 g/mol. The fourth-order valence-electron chi connectivity index (χ4n) is 4.76. The number of hydrogen-bond acceptors (Lipinski definition) is 5. The number of Topliss-reactive ketones (excluding diaryl/α,β-unsaturated/α-hetero) is 1. The lowest BCUT2D eigenvalue weighted by molar-refractivity contribution is -0.118. The average Bonchev–Trinajstić information content (AvgIpc) is 2.95. The normalized spacial score (nSPS) is 18.8. The molecule has 0 saturated carbocycles. The van der Waals surface area contributed by atoms with Gasteiger partial charge in [0, 0.05) is 23.3 Å². The van der Waals surface area contributed by atoms with Crippen molar-refractivity contribution in [3.8, 4) is 11.5 Å². The van der Waals surface area contributed by atoms with Crippen molar-refractivity contribution < 1.29 is 19.0 Å². The van der Waals surface area contributed by atoms with E-state index >= 15 is 4.39 Å². The first-order valence-corrected chi connectivity index (χ1v) is 11.4. The van der Waals surface area contributed by atoms with Crippen LogP contribution in [0.2, 0.25) is 0 Å². The van der Waals surface area contributed by atoms with E-state index in [1.165, 1.54) is 6.07 Å². The topological polar surface area (TPSA) is 70.6 Å². The number of anilines is 2. The lowest BCUT2D eigenvalue weighted by Crippen LogP contribution is -2.31. The molecule has 1 heterocycles. The Balaban J connectivity index is 1.52. The van der Waals surface area contributed by atoms with Crippen LogP contribution < -0.4 is 15.4 Å². The van der Waals surface area contributed by atoms with Crippen molar-refractivity contribution in [3.63, 3.8) is 0 Å². The van der Waals surface area contributed by atoms with Gasteiger partial charge < -0.3 is 20.5 Å². The van der Waals surface area contributed by atoms with Crippen molar-refractivity contribution in [1.29, 1.82) is 0 Å². The monoisotopic (exact) mass is 458 g/mol. The number of aromatic hydroxyl groups is 1. The first-order chi connectivity index (χ1) is 16.3. The molecule has 6 heteroatoms. The molecule has 3 aromatic rings. The molecule has 1 unspecified atom stereocenters. The molecule has 1 aliphatic carbocycles. The zero-order valence-corrected chi connectivity index (χ0v) is 19.2. The third-order valence-electron chi connectivity index (χ3n) is 6.35. The SMILES string of the molecule is CC1(C)CC(=O)C2=C(C1)Nc1c(O)cccc1NC2c1ccc(COc2ccccc2)cc1F. The number of nitrogens with one attached hydrogen (secondary N) is 2. The maximum atomic E-state index is 15.5. The van der Waals surface area contributed by atoms with Gasteiger partial charge in [0.25, 0.3) is 0 Å². The number of benzene rings is 3. The second-order valence-electron chi connectivity index (χ2n) is 9.69. The highest BCUT2D eigenvalue weighted by atomic mass is 19.1. The number of halogens is 1. The first kappa shape index (κ1) is 22.0. The van der Waals surface area contributed by atoms with E-state index in [2.05, 4.69) is 10.6 Å². The zero-order chi connectivity index (χ0) is 23.9. The Labute approximate surface area is 198 Å². The van der Waals surface area contributed by atoms with Gasteiger partial charge in [-0.1, -0.05) is 50.2 Å². The molecule has 0 amide bonds. The number of fused-ring (bicyclic) bond motifs is 1. The molecular formula is C28H27FN2O3. The van der Waals surface area contributed by atoms with Crippen molar-refractivity contribution in [2.24, 2.45) is 5.41 Å². The van der Waals surface area contributed by atoms with Gasteiger partial charge in [-0.3, -0.25) is 4.79 Å². The molecule has 174 valence electrons. The summed E-state index contributed by atoms with van der Waals surface area (Å²) in [7, 11) is 0. The molecule has 5 nitrogen and oxygen atoms in total. The van der Waals surface area contributed by atoms with E-state index in [0.29, 0.717) is 46.7 Å². The van der Waals surface area contributed by atoms with Gasteiger partial charge >= 0.3 is 0 Å².